The van der Waals surface area contributed by atoms with Gasteiger partial charge in [-0.05, 0) is 36.6 Å². The second-order valence-corrected chi connectivity index (χ2v) is 5.31. The van der Waals surface area contributed by atoms with Gasteiger partial charge in [-0.15, -0.1) is 0 Å². The first-order valence-corrected chi connectivity index (χ1v) is 7.37. The molecular formula is C16H24FNO. The second kappa shape index (κ2) is 7.61. The van der Waals surface area contributed by atoms with Crippen molar-refractivity contribution >= 4 is 0 Å². The van der Waals surface area contributed by atoms with Gasteiger partial charge in [-0.25, -0.2) is 4.39 Å². The molecule has 0 heterocycles. The summed E-state index contributed by atoms with van der Waals surface area (Å²) in [7, 11) is 0. The largest absolute Gasteiger partial charge is 0.372 e. The normalized spacial score (nSPS) is 17.2. The predicted molar refractivity (Wildman–Crippen MR) is 75.6 cm³/mol. The molecule has 1 aromatic carbocycles. The third-order valence-corrected chi connectivity index (χ3v) is 3.87. The molecule has 19 heavy (non-hydrogen) atoms. The number of rotatable bonds is 8. The van der Waals surface area contributed by atoms with Gasteiger partial charge in [0.15, 0.2) is 0 Å². The average Bonchev–Trinajstić information content (AvgIpc) is 2.36. The van der Waals surface area contributed by atoms with E-state index in [1.54, 1.807) is 12.1 Å². The van der Waals surface area contributed by atoms with E-state index in [0.29, 0.717) is 0 Å². The van der Waals surface area contributed by atoms with Crippen LogP contribution in [0.4, 0.5) is 4.39 Å². The molecule has 0 spiro atoms. The zero-order valence-electron chi connectivity index (χ0n) is 11.7. The predicted octanol–water partition coefficient (Wildman–Crippen LogP) is 3.68. The van der Waals surface area contributed by atoms with Gasteiger partial charge >= 0.3 is 0 Å². The van der Waals surface area contributed by atoms with Crippen LogP contribution >= 0.6 is 0 Å². The summed E-state index contributed by atoms with van der Waals surface area (Å²) in [4.78, 5) is 0. The van der Waals surface area contributed by atoms with Crippen LogP contribution in [0.2, 0.25) is 0 Å². The van der Waals surface area contributed by atoms with Gasteiger partial charge in [0.1, 0.15) is 5.82 Å². The van der Waals surface area contributed by atoms with E-state index in [2.05, 4.69) is 12.2 Å². The molecule has 0 aliphatic heterocycles. The van der Waals surface area contributed by atoms with Crippen molar-refractivity contribution in [2.75, 3.05) is 19.7 Å². The minimum atomic E-state index is -0.193. The maximum atomic E-state index is 13.3. The number of hydrogen-bond donors (Lipinski definition) is 1. The molecule has 1 aliphatic rings. The van der Waals surface area contributed by atoms with E-state index < -0.39 is 0 Å². The second-order valence-electron chi connectivity index (χ2n) is 5.31. The van der Waals surface area contributed by atoms with Crippen LogP contribution in [0.5, 0.6) is 0 Å². The van der Waals surface area contributed by atoms with Crippen LogP contribution in [0.25, 0.3) is 0 Å². The SMILES string of the molecule is CCNCC(OCCC1CCC1)c1cccc(F)c1. The van der Waals surface area contributed by atoms with E-state index in [1.165, 1.54) is 25.3 Å². The highest BCUT2D eigenvalue weighted by Crippen LogP contribution is 2.30. The number of ether oxygens (including phenoxy) is 1. The van der Waals surface area contributed by atoms with Crippen molar-refractivity contribution in [3.63, 3.8) is 0 Å². The van der Waals surface area contributed by atoms with Gasteiger partial charge in [-0.2, -0.15) is 0 Å². The standard InChI is InChI=1S/C16H24FNO/c1-2-18-12-16(14-7-4-8-15(17)11-14)19-10-9-13-5-3-6-13/h4,7-8,11,13,16,18H,2-3,5-6,9-10,12H2,1H3. The smallest absolute Gasteiger partial charge is 0.123 e. The Morgan fingerprint density at radius 3 is 2.89 bits per heavy atom. The number of hydrogen-bond acceptors (Lipinski definition) is 2. The Morgan fingerprint density at radius 1 is 1.42 bits per heavy atom. The number of benzene rings is 1. The van der Waals surface area contributed by atoms with E-state index in [9.17, 15) is 4.39 Å². The molecule has 0 saturated heterocycles. The molecular weight excluding hydrogens is 241 g/mol. The van der Waals surface area contributed by atoms with Crippen LogP contribution in [0.1, 0.15) is 44.3 Å². The van der Waals surface area contributed by atoms with Gasteiger partial charge in [0.25, 0.3) is 0 Å². The Balaban J connectivity index is 1.86. The quantitative estimate of drug-likeness (QED) is 0.774. The molecule has 1 fully saturated rings. The van der Waals surface area contributed by atoms with Crippen molar-refractivity contribution < 1.29 is 9.13 Å². The van der Waals surface area contributed by atoms with E-state index in [4.69, 9.17) is 4.74 Å². The van der Waals surface area contributed by atoms with Gasteiger partial charge in [-0.3, -0.25) is 0 Å². The number of halogens is 1. The molecule has 0 aromatic heterocycles. The van der Waals surface area contributed by atoms with Crippen molar-refractivity contribution in [2.45, 2.75) is 38.7 Å². The van der Waals surface area contributed by atoms with E-state index in [-0.39, 0.29) is 11.9 Å². The van der Waals surface area contributed by atoms with E-state index in [1.807, 2.05) is 6.07 Å². The third kappa shape index (κ3) is 4.59. The molecule has 3 heteroatoms. The van der Waals surface area contributed by atoms with Crippen LogP contribution < -0.4 is 5.32 Å². The Labute approximate surface area is 115 Å². The highest BCUT2D eigenvalue weighted by Gasteiger charge is 2.18. The zero-order valence-corrected chi connectivity index (χ0v) is 11.7. The summed E-state index contributed by atoms with van der Waals surface area (Å²) < 4.78 is 19.3. The first-order chi connectivity index (χ1) is 9.29. The summed E-state index contributed by atoms with van der Waals surface area (Å²) in [6.45, 7) is 4.48. The fourth-order valence-corrected chi connectivity index (χ4v) is 2.41. The topological polar surface area (TPSA) is 21.3 Å². The summed E-state index contributed by atoms with van der Waals surface area (Å²) in [6.07, 6.45) is 5.16. The molecule has 0 amide bonds. The van der Waals surface area contributed by atoms with Gasteiger partial charge in [0.05, 0.1) is 6.10 Å². The van der Waals surface area contributed by atoms with Crippen LogP contribution in [-0.2, 0) is 4.74 Å². The Kier molecular flexibility index (Phi) is 5.80. The molecule has 106 valence electrons. The maximum absolute atomic E-state index is 13.3. The fourth-order valence-electron chi connectivity index (χ4n) is 2.41. The molecule has 1 saturated carbocycles. The first-order valence-electron chi connectivity index (χ1n) is 7.37. The van der Waals surface area contributed by atoms with E-state index in [0.717, 1.165) is 37.6 Å². The summed E-state index contributed by atoms with van der Waals surface area (Å²) in [5, 5.41) is 3.28. The monoisotopic (exact) mass is 265 g/mol. The Morgan fingerprint density at radius 2 is 2.26 bits per heavy atom. The highest BCUT2D eigenvalue weighted by molar-refractivity contribution is 5.19. The lowest BCUT2D eigenvalue weighted by molar-refractivity contribution is 0.0373. The lowest BCUT2D eigenvalue weighted by Crippen LogP contribution is -2.24. The Bertz CT molecular complexity index is 379. The van der Waals surface area contributed by atoms with Crippen LogP contribution in [0, 0.1) is 11.7 Å². The lowest BCUT2D eigenvalue weighted by Gasteiger charge is -2.26. The van der Waals surface area contributed by atoms with Crippen molar-refractivity contribution in [1.29, 1.82) is 0 Å². The fraction of sp³-hybridized carbons (Fsp3) is 0.625. The van der Waals surface area contributed by atoms with Crippen molar-refractivity contribution in [3.8, 4) is 0 Å². The summed E-state index contributed by atoms with van der Waals surface area (Å²) >= 11 is 0. The van der Waals surface area contributed by atoms with Gasteiger partial charge < -0.3 is 10.1 Å². The summed E-state index contributed by atoms with van der Waals surface area (Å²) in [6, 6.07) is 6.74. The summed E-state index contributed by atoms with van der Waals surface area (Å²) in [5.74, 6) is 0.661. The average molecular weight is 265 g/mol. The lowest BCUT2D eigenvalue weighted by atomic mass is 9.83. The van der Waals surface area contributed by atoms with Gasteiger partial charge in [0.2, 0.25) is 0 Å². The molecule has 1 unspecified atom stereocenters. The molecule has 1 atom stereocenters. The summed E-state index contributed by atoms with van der Waals surface area (Å²) in [5.41, 5.74) is 0.926. The van der Waals surface area contributed by atoms with Crippen molar-refractivity contribution in [2.24, 2.45) is 5.92 Å². The number of nitrogens with one attached hydrogen (secondary N) is 1. The molecule has 1 aliphatic carbocycles. The molecule has 2 nitrogen and oxygen atoms in total. The molecule has 2 rings (SSSR count). The van der Waals surface area contributed by atoms with Crippen LogP contribution in [-0.4, -0.2) is 19.7 Å². The van der Waals surface area contributed by atoms with Crippen molar-refractivity contribution in [1.82, 2.24) is 5.32 Å². The number of likely N-dealkylation sites (N-methyl/N-ethyl adjacent to an activating group) is 1. The minimum Gasteiger partial charge on any atom is -0.372 e. The van der Waals surface area contributed by atoms with Gasteiger partial charge in [-0.1, -0.05) is 38.3 Å². The van der Waals surface area contributed by atoms with E-state index >= 15 is 0 Å². The third-order valence-electron chi connectivity index (χ3n) is 3.87. The molecule has 1 aromatic rings. The molecule has 0 bridgehead atoms. The van der Waals surface area contributed by atoms with Crippen LogP contribution in [0.15, 0.2) is 24.3 Å². The maximum Gasteiger partial charge on any atom is 0.123 e. The highest BCUT2D eigenvalue weighted by atomic mass is 19.1. The Hall–Kier alpha value is -0.930. The van der Waals surface area contributed by atoms with Crippen LogP contribution in [0.3, 0.4) is 0 Å². The molecule has 1 N–H and O–H groups in total. The van der Waals surface area contributed by atoms with Gasteiger partial charge in [0, 0.05) is 13.2 Å². The molecule has 0 radical (unpaired) electrons. The van der Waals surface area contributed by atoms with Crippen molar-refractivity contribution in [3.05, 3.63) is 35.6 Å². The first kappa shape index (κ1) is 14.5. The minimum absolute atomic E-state index is 0.0456. The zero-order chi connectivity index (χ0) is 13.5.